The zero-order chi connectivity index (χ0) is 15.1. The number of ether oxygens (including phenoxy) is 1. The summed E-state index contributed by atoms with van der Waals surface area (Å²) < 4.78 is 6.14. The highest BCUT2D eigenvalue weighted by molar-refractivity contribution is 9.10. The summed E-state index contributed by atoms with van der Waals surface area (Å²) in [4.78, 5) is 2.33. The monoisotopic (exact) mass is 350 g/mol. The van der Waals surface area contributed by atoms with Crippen LogP contribution in [0.25, 0.3) is 10.8 Å². The van der Waals surface area contributed by atoms with E-state index in [1.165, 1.54) is 16.3 Å². The molecular weight excluding hydrogens is 328 g/mol. The van der Waals surface area contributed by atoms with E-state index in [4.69, 9.17) is 4.74 Å². The van der Waals surface area contributed by atoms with Gasteiger partial charge in [0.25, 0.3) is 0 Å². The molecule has 0 fully saturated rings. The molecule has 0 saturated carbocycles. The highest BCUT2D eigenvalue weighted by atomic mass is 79.9. The summed E-state index contributed by atoms with van der Waals surface area (Å²) in [7, 11) is 3.88. The highest BCUT2D eigenvalue weighted by Crippen LogP contribution is 2.21. The third-order valence-electron chi connectivity index (χ3n) is 3.47. The Morgan fingerprint density at radius 2 is 1.86 bits per heavy atom. The van der Waals surface area contributed by atoms with Crippen LogP contribution in [0.3, 0.4) is 0 Å². The number of fused-ring (bicyclic) bond motifs is 1. The molecule has 0 aliphatic heterocycles. The minimum Gasteiger partial charge on any atom is -0.383 e. The van der Waals surface area contributed by atoms with Crippen molar-refractivity contribution in [3.63, 3.8) is 0 Å². The highest BCUT2D eigenvalue weighted by Gasteiger charge is 2.02. The van der Waals surface area contributed by atoms with E-state index in [9.17, 15) is 0 Å². The van der Waals surface area contributed by atoms with E-state index in [-0.39, 0.29) is 0 Å². The van der Waals surface area contributed by atoms with Gasteiger partial charge in [-0.25, -0.2) is 0 Å². The first-order valence-corrected chi connectivity index (χ1v) is 8.05. The van der Waals surface area contributed by atoms with Crippen LogP contribution in [0.2, 0.25) is 0 Å². The molecule has 0 aliphatic rings. The van der Waals surface area contributed by atoms with Gasteiger partial charge in [0.15, 0.2) is 0 Å². The lowest BCUT2D eigenvalue weighted by atomic mass is 10.1. The molecule has 0 atom stereocenters. The summed E-state index contributed by atoms with van der Waals surface area (Å²) in [5, 5.41) is 5.94. The van der Waals surface area contributed by atoms with Crippen LogP contribution in [0.15, 0.2) is 40.9 Å². The van der Waals surface area contributed by atoms with Crippen molar-refractivity contribution in [1.29, 1.82) is 0 Å². The summed E-state index contributed by atoms with van der Waals surface area (Å²) in [5.41, 5.74) is 1.35. The van der Waals surface area contributed by atoms with Crippen LogP contribution >= 0.6 is 15.9 Å². The zero-order valence-corrected chi connectivity index (χ0v) is 14.3. The van der Waals surface area contributed by atoms with Crippen LogP contribution < -0.4 is 5.32 Å². The maximum atomic E-state index is 5.01. The van der Waals surface area contributed by atoms with Crippen LogP contribution in [-0.4, -0.2) is 45.3 Å². The number of nitrogens with one attached hydrogen (secondary N) is 1. The third-order valence-corrected chi connectivity index (χ3v) is 3.97. The lowest BCUT2D eigenvalue weighted by Gasteiger charge is -2.17. The first-order valence-electron chi connectivity index (χ1n) is 7.25. The first kappa shape index (κ1) is 16.4. The van der Waals surface area contributed by atoms with E-state index in [0.29, 0.717) is 0 Å². The maximum Gasteiger partial charge on any atom is 0.0587 e. The maximum absolute atomic E-state index is 5.01. The molecule has 0 radical (unpaired) electrons. The second-order valence-electron chi connectivity index (χ2n) is 5.31. The van der Waals surface area contributed by atoms with Gasteiger partial charge < -0.3 is 15.0 Å². The average Bonchev–Trinajstić information content (AvgIpc) is 2.47. The molecule has 1 N–H and O–H groups in total. The quantitative estimate of drug-likeness (QED) is 0.739. The number of rotatable bonds is 8. The SMILES string of the molecule is COCCNCCN(C)Cc1ccc2cc(Br)ccc2c1. The lowest BCUT2D eigenvalue weighted by Crippen LogP contribution is -2.30. The number of likely N-dealkylation sites (N-methyl/N-ethyl adjacent to an activating group) is 1. The molecule has 114 valence electrons. The van der Waals surface area contributed by atoms with Gasteiger partial charge in [0, 0.05) is 37.8 Å². The predicted octanol–water partition coefficient (Wildman–Crippen LogP) is 3.27. The number of benzene rings is 2. The molecule has 0 aliphatic carbocycles. The molecule has 2 aromatic carbocycles. The molecule has 0 amide bonds. The number of hydrogen-bond acceptors (Lipinski definition) is 3. The van der Waals surface area contributed by atoms with Gasteiger partial charge >= 0.3 is 0 Å². The molecule has 0 aromatic heterocycles. The van der Waals surface area contributed by atoms with Crippen LogP contribution in [0.5, 0.6) is 0 Å². The van der Waals surface area contributed by atoms with Gasteiger partial charge in [-0.1, -0.05) is 34.1 Å². The standard InChI is InChI=1S/C17H23BrN2O/c1-20(9-7-19-8-10-21-2)13-14-3-4-16-12-17(18)6-5-15(16)11-14/h3-6,11-12,19H,7-10,13H2,1-2H3. The summed E-state index contributed by atoms with van der Waals surface area (Å²) in [6, 6.07) is 13.1. The summed E-state index contributed by atoms with van der Waals surface area (Å²) in [5.74, 6) is 0. The van der Waals surface area contributed by atoms with Gasteiger partial charge in [-0.2, -0.15) is 0 Å². The van der Waals surface area contributed by atoms with Crippen molar-refractivity contribution in [3.8, 4) is 0 Å². The van der Waals surface area contributed by atoms with Crippen molar-refractivity contribution in [2.75, 3.05) is 40.4 Å². The van der Waals surface area contributed by atoms with E-state index < -0.39 is 0 Å². The minimum absolute atomic E-state index is 0.768. The Morgan fingerprint density at radius 3 is 2.67 bits per heavy atom. The predicted molar refractivity (Wildman–Crippen MR) is 92.7 cm³/mol. The molecule has 0 spiro atoms. The molecule has 0 unspecified atom stereocenters. The van der Waals surface area contributed by atoms with Crippen molar-refractivity contribution < 1.29 is 4.74 Å². The topological polar surface area (TPSA) is 24.5 Å². The first-order chi connectivity index (χ1) is 10.2. The van der Waals surface area contributed by atoms with Crippen LogP contribution in [0.1, 0.15) is 5.56 Å². The van der Waals surface area contributed by atoms with Gasteiger partial charge in [0.05, 0.1) is 6.61 Å². The van der Waals surface area contributed by atoms with E-state index in [2.05, 4.69) is 69.6 Å². The number of halogens is 1. The Hall–Kier alpha value is -0.940. The molecule has 0 bridgehead atoms. The molecular formula is C17H23BrN2O. The van der Waals surface area contributed by atoms with Crippen LogP contribution in [-0.2, 0) is 11.3 Å². The molecule has 2 rings (SSSR count). The summed E-state index contributed by atoms with van der Waals surface area (Å²) in [6.07, 6.45) is 0. The van der Waals surface area contributed by atoms with Gasteiger partial charge in [-0.05, 0) is 41.6 Å². The molecule has 0 heterocycles. The molecule has 0 saturated heterocycles. The molecule has 4 heteroatoms. The Balaban J connectivity index is 1.86. The third kappa shape index (κ3) is 5.40. The Bertz CT molecular complexity index is 574. The van der Waals surface area contributed by atoms with Crippen LogP contribution in [0, 0.1) is 0 Å². The largest absolute Gasteiger partial charge is 0.383 e. The van der Waals surface area contributed by atoms with E-state index in [1.54, 1.807) is 7.11 Å². The molecule has 21 heavy (non-hydrogen) atoms. The fourth-order valence-electron chi connectivity index (χ4n) is 2.32. The van der Waals surface area contributed by atoms with Gasteiger partial charge in [0.2, 0.25) is 0 Å². The number of hydrogen-bond donors (Lipinski definition) is 1. The van der Waals surface area contributed by atoms with Crippen molar-refractivity contribution in [1.82, 2.24) is 10.2 Å². The van der Waals surface area contributed by atoms with Gasteiger partial charge in [-0.3, -0.25) is 0 Å². The Kier molecular flexibility index (Phi) is 6.64. The van der Waals surface area contributed by atoms with Gasteiger partial charge in [-0.15, -0.1) is 0 Å². The van der Waals surface area contributed by atoms with E-state index in [0.717, 1.165) is 37.3 Å². The molecule has 2 aromatic rings. The van der Waals surface area contributed by atoms with Crippen LogP contribution in [0.4, 0.5) is 0 Å². The van der Waals surface area contributed by atoms with E-state index >= 15 is 0 Å². The smallest absolute Gasteiger partial charge is 0.0587 e. The van der Waals surface area contributed by atoms with Crippen molar-refractivity contribution in [2.24, 2.45) is 0 Å². The molecule has 3 nitrogen and oxygen atoms in total. The normalized spacial score (nSPS) is 11.4. The number of nitrogens with zero attached hydrogens (tertiary/aromatic N) is 1. The Labute approximate surface area is 135 Å². The number of methoxy groups -OCH3 is 1. The minimum atomic E-state index is 0.768. The van der Waals surface area contributed by atoms with Crippen molar-refractivity contribution >= 4 is 26.7 Å². The van der Waals surface area contributed by atoms with Gasteiger partial charge in [0.1, 0.15) is 0 Å². The zero-order valence-electron chi connectivity index (χ0n) is 12.7. The van der Waals surface area contributed by atoms with Crippen molar-refractivity contribution in [3.05, 3.63) is 46.4 Å². The average molecular weight is 351 g/mol. The van der Waals surface area contributed by atoms with Crippen molar-refractivity contribution in [2.45, 2.75) is 6.54 Å². The second-order valence-corrected chi connectivity index (χ2v) is 6.22. The summed E-state index contributed by atoms with van der Waals surface area (Å²) >= 11 is 3.51. The fraction of sp³-hybridized carbons (Fsp3) is 0.412. The fourth-order valence-corrected chi connectivity index (χ4v) is 2.70. The second kappa shape index (κ2) is 8.49. The Morgan fingerprint density at radius 1 is 1.10 bits per heavy atom. The van der Waals surface area contributed by atoms with E-state index in [1.807, 2.05) is 0 Å². The summed E-state index contributed by atoms with van der Waals surface area (Å²) in [6.45, 7) is 4.67. The lowest BCUT2D eigenvalue weighted by molar-refractivity contribution is 0.197.